The molecule has 0 aliphatic rings. The number of rotatable bonds is 2. The van der Waals surface area contributed by atoms with Crippen LogP contribution in [0, 0.1) is 0 Å². The predicted octanol–water partition coefficient (Wildman–Crippen LogP) is 4.28. The molecule has 2 aromatic rings. The summed E-state index contributed by atoms with van der Waals surface area (Å²) in [7, 11) is 0. The lowest BCUT2D eigenvalue weighted by Gasteiger charge is -2.13. The molecule has 0 aliphatic heterocycles. The van der Waals surface area contributed by atoms with Gasteiger partial charge in [-0.2, -0.15) is 26.3 Å². The van der Waals surface area contributed by atoms with Gasteiger partial charge in [-0.15, -0.1) is 0 Å². The Labute approximate surface area is 121 Å². The van der Waals surface area contributed by atoms with Crippen molar-refractivity contribution >= 4 is 0 Å². The van der Waals surface area contributed by atoms with Gasteiger partial charge in [-0.25, -0.2) is 0 Å². The molecule has 0 unspecified atom stereocenters. The summed E-state index contributed by atoms with van der Waals surface area (Å²) in [6.45, 7) is -0.791. The van der Waals surface area contributed by atoms with Gasteiger partial charge in [-0.3, -0.25) is 4.98 Å². The van der Waals surface area contributed by atoms with Crippen LogP contribution in [0.1, 0.15) is 16.8 Å². The zero-order chi connectivity index (χ0) is 16.5. The molecule has 0 spiro atoms. The molecule has 0 atom stereocenters. The van der Waals surface area contributed by atoms with Gasteiger partial charge in [0.05, 0.1) is 12.2 Å². The summed E-state index contributed by atoms with van der Waals surface area (Å²) in [5, 5.41) is 8.93. The van der Waals surface area contributed by atoms with E-state index in [0.717, 1.165) is 24.4 Å². The number of hydrogen-bond acceptors (Lipinski definition) is 2. The summed E-state index contributed by atoms with van der Waals surface area (Å²) in [4.78, 5) is 3.21. The molecule has 118 valence electrons. The number of hydrogen-bond donors (Lipinski definition) is 1. The molecule has 8 heteroatoms. The second kappa shape index (κ2) is 5.60. The van der Waals surface area contributed by atoms with Gasteiger partial charge in [0.1, 0.15) is 5.69 Å². The van der Waals surface area contributed by atoms with Crippen LogP contribution < -0.4 is 0 Å². The monoisotopic (exact) mass is 321 g/mol. The molecular formula is C14H9F6NO. The lowest BCUT2D eigenvalue weighted by molar-refractivity contribution is -0.141. The number of aliphatic hydroxyl groups is 1. The number of alkyl halides is 6. The van der Waals surface area contributed by atoms with Gasteiger partial charge in [0.15, 0.2) is 0 Å². The Balaban J connectivity index is 2.45. The van der Waals surface area contributed by atoms with Crippen molar-refractivity contribution < 1.29 is 31.4 Å². The number of aromatic nitrogens is 1. The largest absolute Gasteiger partial charge is 0.433 e. The fraction of sp³-hybridized carbons (Fsp3) is 0.214. The number of halogens is 6. The molecule has 1 N–H and O–H groups in total. The predicted molar refractivity (Wildman–Crippen MR) is 65.6 cm³/mol. The summed E-state index contributed by atoms with van der Waals surface area (Å²) in [6.07, 6.45) is -8.43. The summed E-state index contributed by atoms with van der Waals surface area (Å²) >= 11 is 0. The van der Waals surface area contributed by atoms with Gasteiger partial charge < -0.3 is 5.11 Å². The van der Waals surface area contributed by atoms with Crippen molar-refractivity contribution in [1.29, 1.82) is 0 Å². The van der Waals surface area contributed by atoms with Gasteiger partial charge in [0, 0.05) is 11.8 Å². The van der Waals surface area contributed by atoms with Crippen LogP contribution in [0.5, 0.6) is 0 Å². The van der Waals surface area contributed by atoms with E-state index in [2.05, 4.69) is 4.98 Å². The first-order chi connectivity index (χ1) is 10.1. The highest BCUT2D eigenvalue weighted by molar-refractivity contribution is 5.64. The second-order valence-corrected chi connectivity index (χ2v) is 4.46. The number of aliphatic hydroxyl groups excluding tert-OH is 1. The molecule has 22 heavy (non-hydrogen) atoms. The standard InChI is InChI=1S/C14H9F6NO/c15-13(16,17)11-5-8(1-2-10(11)7-22)9-3-4-12(21-6-9)14(18,19)20/h1-6,22H,7H2. The fourth-order valence-corrected chi connectivity index (χ4v) is 1.89. The van der Waals surface area contributed by atoms with Crippen molar-refractivity contribution in [2.24, 2.45) is 0 Å². The number of nitrogens with zero attached hydrogens (tertiary/aromatic N) is 1. The molecular weight excluding hydrogens is 312 g/mol. The Kier molecular flexibility index (Phi) is 4.15. The second-order valence-electron chi connectivity index (χ2n) is 4.46. The van der Waals surface area contributed by atoms with E-state index in [4.69, 9.17) is 5.11 Å². The van der Waals surface area contributed by atoms with E-state index in [-0.39, 0.29) is 16.7 Å². The van der Waals surface area contributed by atoms with Crippen molar-refractivity contribution in [2.45, 2.75) is 19.0 Å². The summed E-state index contributed by atoms with van der Waals surface area (Å²) < 4.78 is 75.8. The molecule has 0 bridgehead atoms. The lowest BCUT2D eigenvalue weighted by atomic mass is 10.00. The first kappa shape index (κ1) is 16.3. The van der Waals surface area contributed by atoms with Gasteiger partial charge in [-0.05, 0) is 23.3 Å². The SMILES string of the molecule is OCc1ccc(-c2ccc(C(F)(F)F)nc2)cc1C(F)(F)F. The van der Waals surface area contributed by atoms with E-state index in [1.165, 1.54) is 6.07 Å². The van der Waals surface area contributed by atoms with Crippen LogP contribution in [0.4, 0.5) is 26.3 Å². The minimum absolute atomic E-state index is 0.0609. The molecule has 0 fully saturated rings. The molecule has 2 nitrogen and oxygen atoms in total. The van der Waals surface area contributed by atoms with Crippen LogP contribution in [-0.4, -0.2) is 10.1 Å². The minimum Gasteiger partial charge on any atom is -0.392 e. The Bertz CT molecular complexity index is 661. The number of benzene rings is 1. The lowest BCUT2D eigenvalue weighted by Crippen LogP contribution is -2.10. The number of pyridine rings is 1. The van der Waals surface area contributed by atoms with E-state index in [0.29, 0.717) is 6.07 Å². The van der Waals surface area contributed by atoms with E-state index in [9.17, 15) is 26.3 Å². The Morgan fingerprint density at radius 2 is 1.50 bits per heavy atom. The molecule has 0 radical (unpaired) electrons. The van der Waals surface area contributed by atoms with Crippen molar-refractivity contribution in [3.63, 3.8) is 0 Å². The van der Waals surface area contributed by atoms with Crippen molar-refractivity contribution in [1.82, 2.24) is 4.98 Å². The van der Waals surface area contributed by atoms with Crippen molar-refractivity contribution in [2.75, 3.05) is 0 Å². The summed E-state index contributed by atoms with van der Waals surface area (Å²) in [5.41, 5.74) is -2.29. The van der Waals surface area contributed by atoms with Gasteiger partial charge in [-0.1, -0.05) is 18.2 Å². The maximum absolute atomic E-state index is 12.9. The summed E-state index contributed by atoms with van der Waals surface area (Å²) in [5.74, 6) is 0. The van der Waals surface area contributed by atoms with Gasteiger partial charge in [0.25, 0.3) is 0 Å². The molecule has 1 aromatic heterocycles. The van der Waals surface area contributed by atoms with E-state index in [1.807, 2.05) is 0 Å². The highest BCUT2D eigenvalue weighted by atomic mass is 19.4. The molecule has 1 aromatic carbocycles. The average molecular weight is 321 g/mol. The average Bonchev–Trinajstić information content (AvgIpc) is 2.45. The molecule has 0 saturated heterocycles. The maximum Gasteiger partial charge on any atom is 0.433 e. The highest BCUT2D eigenvalue weighted by Crippen LogP contribution is 2.35. The van der Waals surface area contributed by atoms with E-state index >= 15 is 0 Å². The third-order valence-electron chi connectivity index (χ3n) is 2.97. The topological polar surface area (TPSA) is 33.1 Å². The van der Waals surface area contributed by atoms with E-state index in [1.54, 1.807) is 0 Å². The summed E-state index contributed by atoms with van der Waals surface area (Å²) in [6, 6.07) is 4.88. The maximum atomic E-state index is 12.9. The molecule has 2 rings (SSSR count). The molecule has 1 heterocycles. The quantitative estimate of drug-likeness (QED) is 0.838. The fourth-order valence-electron chi connectivity index (χ4n) is 1.89. The third-order valence-corrected chi connectivity index (χ3v) is 2.97. The van der Waals surface area contributed by atoms with E-state index < -0.39 is 30.2 Å². The molecule has 0 amide bonds. The highest BCUT2D eigenvalue weighted by Gasteiger charge is 2.34. The smallest absolute Gasteiger partial charge is 0.392 e. The van der Waals surface area contributed by atoms with Crippen molar-refractivity contribution in [3.05, 3.63) is 53.3 Å². The van der Waals surface area contributed by atoms with Crippen LogP contribution in [0.15, 0.2) is 36.5 Å². The van der Waals surface area contributed by atoms with Crippen molar-refractivity contribution in [3.8, 4) is 11.1 Å². The van der Waals surface area contributed by atoms with Crippen LogP contribution in [0.25, 0.3) is 11.1 Å². The zero-order valence-electron chi connectivity index (χ0n) is 10.8. The van der Waals surface area contributed by atoms with Crippen LogP contribution in [0.2, 0.25) is 0 Å². The third kappa shape index (κ3) is 3.38. The zero-order valence-corrected chi connectivity index (χ0v) is 10.8. The first-order valence-corrected chi connectivity index (χ1v) is 5.97. The van der Waals surface area contributed by atoms with Gasteiger partial charge >= 0.3 is 12.4 Å². The van der Waals surface area contributed by atoms with Crippen LogP contribution in [0.3, 0.4) is 0 Å². The first-order valence-electron chi connectivity index (χ1n) is 5.97. The van der Waals surface area contributed by atoms with Crippen LogP contribution >= 0.6 is 0 Å². The minimum atomic E-state index is -4.67. The normalized spacial score (nSPS) is 12.5. The Morgan fingerprint density at radius 3 is 1.95 bits per heavy atom. The Hall–Kier alpha value is -2.09. The van der Waals surface area contributed by atoms with Gasteiger partial charge in [0.2, 0.25) is 0 Å². The van der Waals surface area contributed by atoms with Crippen LogP contribution in [-0.2, 0) is 19.0 Å². The molecule has 0 saturated carbocycles. The molecule has 0 aliphatic carbocycles. The Morgan fingerprint density at radius 1 is 0.864 bits per heavy atom.